The molecule has 3 N–H and O–H groups in total. The number of phenolic OH excluding ortho intramolecular Hbond substituents is 1. The first-order chi connectivity index (χ1) is 16.4. The van der Waals surface area contributed by atoms with Crippen LogP contribution in [0, 0.1) is 11.8 Å². The summed E-state index contributed by atoms with van der Waals surface area (Å²) in [6.45, 7) is 0.853. The number of hydrogen-bond acceptors (Lipinski definition) is 6. The van der Waals surface area contributed by atoms with Gasteiger partial charge in [0.2, 0.25) is 17.7 Å². The van der Waals surface area contributed by atoms with Gasteiger partial charge in [-0.1, -0.05) is 28.1 Å². The number of fused-ring (bicyclic) bond motifs is 4. The molecule has 6 rings (SSSR count). The molecule has 34 heavy (non-hydrogen) atoms. The Kier molecular flexibility index (Phi) is 5.05. The number of anilines is 1. The zero-order chi connectivity index (χ0) is 23.6. The molecule has 9 heteroatoms. The molecule has 1 spiro atoms. The van der Waals surface area contributed by atoms with E-state index in [-0.39, 0.29) is 36.1 Å². The van der Waals surface area contributed by atoms with Gasteiger partial charge in [0.1, 0.15) is 11.3 Å². The number of amides is 3. The molecule has 2 aromatic carbocycles. The number of rotatable bonds is 4. The average Bonchev–Trinajstić information content (AvgIpc) is 3.56. The molecule has 3 fully saturated rings. The van der Waals surface area contributed by atoms with E-state index in [1.165, 1.54) is 4.90 Å². The van der Waals surface area contributed by atoms with Crippen molar-refractivity contribution in [3.8, 4) is 5.75 Å². The van der Waals surface area contributed by atoms with E-state index in [4.69, 9.17) is 4.74 Å². The Morgan fingerprint density at radius 3 is 2.65 bits per heavy atom. The normalized spacial score (nSPS) is 31.9. The number of aromatic hydroxyl groups is 1. The van der Waals surface area contributed by atoms with Crippen molar-refractivity contribution in [2.24, 2.45) is 11.8 Å². The maximum atomic E-state index is 13.8. The fourth-order valence-corrected chi connectivity index (χ4v) is 6.43. The van der Waals surface area contributed by atoms with Gasteiger partial charge >= 0.3 is 0 Å². The van der Waals surface area contributed by atoms with E-state index in [9.17, 15) is 19.5 Å². The molecule has 0 saturated carbocycles. The summed E-state index contributed by atoms with van der Waals surface area (Å²) in [6.07, 6.45) is 1.99. The number of nitrogens with zero attached hydrogens (tertiary/aromatic N) is 1. The second-order valence-electron chi connectivity index (χ2n) is 9.50. The lowest BCUT2D eigenvalue weighted by Crippen LogP contribution is -2.54. The number of nitrogens with one attached hydrogen (secondary N) is 2. The summed E-state index contributed by atoms with van der Waals surface area (Å²) in [7, 11) is 0. The average molecular weight is 526 g/mol. The Hall–Kier alpha value is -2.75. The summed E-state index contributed by atoms with van der Waals surface area (Å²) in [6, 6.07) is 11.8. The van der Waals surface area contributed by atoms with Gasteiger partial charge in [-0.15, -0.1) is 0 Å². The lowest BCUT2D eigenvalue weighted by atomic mass is 9.76. The highest BCUT2D eigenvalue weighted by atomic mass is 79.9. The molecule has 0 aromatic heterocycles. The van der Waals surface area contributed by atoms with Crippen molar-refractivity contribution in [2.75, 3.05) is 18.5 Å². The van der Waals surface area contributed by atoms with Crippen LogP contribution < -0.4 is 10.6 Å². The number of imide groups is 1. The number of halogens is 1. The molecular weight excluding hydrogens is 502 g/mol. The summed E-state index contributed by atoms with van der Waals surface area (Å²) in [5.74, 6) is -2.27. The molecule has 0 radical (unpaired) electrons. The molecule has 5 atom stereocenters. The fourth-order valence-electron chi connectivity index (χ4n) is 6.07. The number of hydrogen-bond donors (Lipinski definition) is 3. The van der Waals surface area contributed by atoms with Gasteiger partial charge in [0, 0.05) is 28.4 Å². The first-order valence-electron chi connectivity index (χ1n) is 11.5. The summed E-state index contributed by atoms with van der Waals surface area (Å²) < 4.78 is 6.49. The fraction of sp³-hybridized carbons (Fsp3) is 0.400. The number of carbonyl (C=O) groups is 3. The second kappa shape index (κ2) is 7.90. The minimum absolute atomic E-state index is 0.154. The smallest absolute Gasteiger partial charge is 0.250 e. The molecule has 3 saturated heterocycles. The predicted octanol–water partition coefficient (Wildman–Crippen LogP) is 2.30. The Balaban J connectivity index is 1.43. The molecule has 4 heterocycles. The monoisotopic (exact) mass is 525 g/mol. The number of carbonyl (C=O) groups excluding carboxylic acids is 3. The van der Waals surface area contributed by atoms with E-state index in [1.807, 2.05) is 12.1 Å². The topological polar surface area (TPSA) is 108 Å². The van der Waals surface area contributed by atoms with Gasteiger partial charge in [0.15, 0.2) is 0 Å². The van der Waals surface area contributed by atoms with E-state index in [1.54, 1.807) is 30.3 Å². The van der Waals surface area contributed by atoms with Crippen molar-refractivity contribution < 1.29 is 24.2 Å². The van der Waals surface area contributed by atoms with Crippen LogP contribution in [0.25, 0.3) is 0 Å². The SMILES string of the molecule is O=C1[C@H]2[C@H](Cc3ccc(O)cc3)N[C@@]3(C(=O)Nc4ccc(Br)cc43)[C@H]2C(=O)N1CC1CCCO1. The number of likely N-dealkylation sites (tertiary alicyclic amines) is 1. The first kappa shape index (κ1) is 21.8. The van der Waals surface area contributed by atoms with Crippen molar-refractivity contribution in [2.45, 2.75) is 36.9 Å². The highest BCUT2D eigenvalue weighted by Gasteiger charge is 2.70. The molecule has 1 unspecified atom stereocenters. The zero-order valence-electron chi connectivity index (χ0n) is 18.3. The zero-order valence-corrected chi connectivity index (χ0v) is 19.9. The van der Waals surface area contributed by atoms with Crippen molar-refractivity contribution in [1.82, 2.24) is 10.2 Å². The van der Waals surface area contributed by atoms with Crippen molar-refractivity contribution >= 4 is 39.3 Å². The standard InChI is InChI=1S/C25H24BrN3O5/c26-14-5-8-18-17(11-14)25(24(33)27-18)21-20(19(28-25)10-13-3-6-15(30)7-4-13)22(31)29(23(21)32)12-16-2-1-9-34-16/h3-8,11,16,19-21,28,30H,1-2,9-10,12H2,(H,27,33)/t16?,19-,20-,21+,25+/m0/s1. The van der Waals surface area contributed by atoms with Crippen LogP contribution in [-0.2, 0) is 31.1 Å². The number of benzene rings is 2. The van der Waals surface area contributed by atoms with E-state index < -0.39 is 23.4 Å². The highest BCUT2D eigenvalue weighted by molar-refractivity contribution is 9.10. The summed E-state index contributed by atoms with van der Waals surface area (Å²) >= 11 is 3.49. The second-order valence-corrected chi connectivity index (χ2v) is 10.4. The molecule has 0 aliphatic carbocycles. The minimum Gasteiger partial charge on any atom is -0.508 e. The molecule has 8 nitrogen and oxygen atoms in total. The van der Waals surface area contributed by atoms with E-state index in [2.05, 4.69) is 26.6 Å². The third kappa shape index (κ3) is 3.14. The maximum absolute atomic E-state index is 13.8. The molecule has 3 amide bonds. The van der Waals surface area contributed by atoms with Crippen LogP contribution in [0.1, 0.15) is 24.0 Å². The van der Waals surface area contributed by atoms with Gasteiger partial charge in [-0.2, -0.15) is 0 Å². The van der Waals surface area contributed by atoms with E-state index >= 15 is 0 Å². The Bertz CT molecular complexity index is 1200. The largest absolute Gasteiger partial charge is 0.508 e. The highest BCUT2D eigenvalue weighted by Crippen LogP contribution is 2.53. The summed E-state index contributed by atoms with van der Waals surface area (Å²) in [4.78, 5) is 42.4. The van der Waals surface area contributed by atoms with E-state index in [0.29, 0.717) is 24.3 Å². The molecule has 4 aliphatic rings. The third-order valence-corrected chi connectivity index (χ3v) is 8.06. The van der Waals surface area contributed by atoms with Gasteiger partial charge in [-0.25, -0.2) is 0 Å². The van der Waals surface area contributed by atoms with Crippen LogP contribution >= 0.6 is 15.9 Å². The van der Waals surface area contributed by atoms with Crippen LogP contribution in [0.2, 0.25) is 0 Å². The Morgan fingerprint density at radius 1 is 1.12 bits per heavy atom. The Labute approximate surface area is 204 Å². The molecular formula is C25H24BrN3O5. The quantitative estimate of drug-likeness (QED) is 0.528. The maximum Gasteiger partial charge on any atom is 0.250 e. The van der Waals surface area contributed by atoms with Gasteiger partial charge in [0.05, 0.1) is 24.5 Å². The molecule has 4 aliphatic heterocycles. The predicted molar refractivity (Wildman–Crippen MR) is 126 cm³/mol. The van der Waals surface area contributed by atoms with Crippen molar-refractivity contribution in [1.29, 1.82) is 0 Å². The van der Waals surface area contributed by atoms with Gasteiger partial charge in [0.25, 0.3) is 0 Å². The van der Waals surface area contributed by atoms with E-state index in [0.717, 1.165) is 22.9 Å². The van der Waals surface area contributed by atoms with Gasteiger partial charge < -0.3 is 15.2 Å². The number of phenols is 1. The third-order valence-electron chi connectivity index (χ3n) is 7.57. The molecule has 0 bridgehead atoms. The van der Waals surface area contributed by atoms with Gasteiger partial charge in [-0.05, 0) is 55.2 Å². The van der Waals surface area contributed by atoms with Crippen molar-refractivity contribution in [3.05, 3.63) is 58.1 Å². The first-order valence-corrected chi connectivity index (χ1v) is 12.3. The summed E-state index contributed by atoms with van der Waals surface area (Å²) in [5.41, 5.74) is 0.887. The lowest BCUT2D eigenvalue weighted by molar-refractivity contribution is -0.144. The van der Waals surface area contributed by atoms with Crippen LogP contribution in [0.4, 0.5) is 5.69 Å². The lowest BCUT2D eigenvalue weighted by Gasteiger charge is -2.30. The minimum atomic E-state index is -1.33. The van der Waals surface area contributed by atoms with Crippen LogP contribution in [0.15, 0.2) is 46.9 Å². The van der Waals surface area contributed by atoms with Crippen LogP contribution in [0.3, 0.4) is 0 Å². The molecule has 176 valence electrons. The Morgan fingerprint density at radius 2 is 1.91 bits per heavy atom. The summed E-state index contributed by atoms with van der Waals surface area (Å²) in [5, 5.41) is 16.0. The van der Waals surface area contributed by atoms with Crippen LogP contribution in [-0.4, -0.2) is 53.0 Å². The van der Waals surface area contributed by atoms with Crippen molar-refractivity contribution in [3.63, 3.8) is 0 Å². The van der Waals surface area contributed by atoms with Gasteiger partial charge in [-0.3, -0.25) is 24.6 Å². The number of ether oxygens (including phenoxy) is 1. The van der Waals surface area contributed by atoms with Crippen LogP contribution in [0.5, 0.6) is 5.75 Å². The molecule has 2 aromatic rings.